The van der Waals surface area contributed by atoms with Crippen LogP contribution < -0.4 is 0 Å². The highest BCUT2D eigenvalue weighted by atomic mass is 35.5. The first-order valence-electron chi connectivity index (χ1n) is 9.00. The van der Waals surface area contributed by atoms with Gasteiger partial charge in [0.05, 0.1) is 36.0 Å². The smallest absolute Gasteiger partial charge is 0.256 e. The number of benzene rings is 1. The van der Waals surface area contributed by atoms with Crippen molar-refractivity contribution in [1.82, 2.24) is 29.6 Å². The highest BCUT2D eigenvalue weighted by Gasteiger charge is 2.44. The van der Waals surface area contributed by atoms with Gasteiger partial charge in [0.1, 0.15) is 11.7 Å². The zero-order valence-corrected chi connectivity index (χ0v) is 15.9. The van der Waals surface area contributed by atoms with Crippen molar-refractivity contribution in [1.29, 1.82) is 0 Å². The van der Waals surface area contributed by atoms with E-state index in [2.05, 4.69) is 20.2 Å². The molecule has 142 valence electrons. The van der Waals surface area contributed by atoms with E-state index in [-0.39, 0.29) is 18.0 Å². The van der Waals surface area contributed by atoms with E-state index in [4.69, 9.17) is 16.3 Å². The molecule has 0 N–H and O–H groups in total. The summed E-state index contributed by atoms with van der Waals surface area (Å²) in [4.78, 5) is 23.7. The SMILES string of the molecule is Cc1cccc(C(=O)N2[C@H]3COC[C@@H]2c2nnc(-c4cnccn4)n2C3)c1Cl. The number of hydrogen-bond donors (Lipinski definition) is 0. The third-order valence-electron chi connectivity index (χ3n) is 5.23. The van der Waals surface area contributed by atoms with Crippen molar-refractivity contribution in [2.24, 2.45) is 0 Å². The second-order valence-corrected chi connectivity index (χ2v) is 7.32. The van der Waals surface area contributed by atoms with Crippen LogP contribution in [0.1, 0.15) is 27.8 Å². The van der Waals surface area contributed by atoms with Gasteiger partial charge in [-0.3, -0.25) is 9.78 Å². The molecule has 5 rings (SSSR count). The number of aromatic nitrogens is 5. The van der Waals surface area contributed by atoms with Crippen LogP contribution in [0.5, 0.6) is 0 Å². The first-order chi connectivity index (χ1) is 13.6. The first kappa shape index (κ1) is 17.3. The van der Waals surface area contributed by atoms with Gasteiger partial charge >= 0.3 is 0 Å². The molecule has 1 fully saturated rings. The second kappa shape index (κ2) is 6.65. The van der Waals surface area contributed by atoms with Crippen LogP contribution in [0.4, 0.5) is 0 Å². The number of morpholine rings is 1. The van der Waals surface area contributed by atoms with Crippen molar-refractivity contribution in [3.8, 4) is 11.5 Å². The lowest BCUT2D eigenvalue weighted by Crippen LogP contribution is -2.56. The van der Waals surface area contributed by atoms with E-state index < -0.39 is 0 Å². The molecule has 2 aliphatic rings. The molecule has 4 heterocycles. The van der Waals surface area contributed by atoms with E-state index in [0.717, 1.165) is 5.56 Å². The largest absolute Gasteiger partial charge is 0.377 e. The molecule has 0 spiro atoms. The van der Waals surface area contributed by atoms with Gasteiger partial charge in [0.15, 0.2) is 11.6 Å². The molecule has 0 radical (unpaired) electrons. The minimum atomic E-state index is -0.325. The molecule has 1 amide bonds. The van der Waals surface area contributed by atoms with E-state index >= 15 is 0 Å². The van der Waals surface area contributed by atoms with Crippen molar-refractivity contribution in [3.63, 3.8) is 0 Å². The summed E-state index contributed by atoms with van der Waals surface area (Å²) in [6.07, 6.45) is 4.90. The molecular formula is C19H17ClN6O2. The number of amides is 1. The van der Waals surface area contributed by atoms with Gasteiger partial charge in [-0.25, -0.2) is 4.98 Å². The van der Waals surface area contributed by atoms with Gasteiger partial charge in [-0.2, -0.15) is 0 Å². The lowest BCUT2D eigenvalue weighted by atomic mass is 10.0. The number of carbonyl (C=O) groups is 1. The summed E-state index contributed by atoms with van der Waals surface area (Å²) in [6.45, 7) is 3.23. The molecule has 1 saturated heterocycles. The van der Waals surface area contributed by atoms with Crippen molar-refractivity contribution >= 4 is 17.5 Å². The van der Waals surface area contributed by atoms with Crippen LogP contribution in [0.15, 0.2) is 36.8 Å². The van der Waals surface area contributed by atoms with Crippen LogP contribution in [0.2, 0.25) is 5.02 Å². The Balaban J connectivity index is 1.56. The van der Waals surface area contributed by atoms with Crippen molar-refractivity contribution in [3.05, 3.63) is 58.8 Å². The fourth-order valence-electron chi connectivity index (χ4n) is 3.89. The maximum Gasteiger partial charge on any atom is 0.256 e. The second-order valence-electron chi connectivity index (χ2n) is 6.94. The summed E-state index contributed by atoms with van der Waals surface area (Å²) in [6, 6.07) is 5.04. The quantitative estimate of drug-likeness (QED) is 0.660. The Kier molecular flexibility index (Phi) is 4.10. The number of ether oxygens (including phenoxy) is 1. The lowest BCUT2D eigenvalue weighted by Gasteiger charge is -2.45. The molecule has 28 heavy (non-hydrogen) atoms. The monoisotopic (exact) mass is 396 g/mol. The summed E-state index contributed by atoms with van der Waals surface area (Å²) in [7, 11) is 0. The highest BCUT2D eigenvalue weighted by molar-refractivity contribution is 6.34. The molecular weight excluding hydrogens is 380 g/mol. The fourth-order valence-corrected chi connectivity index (χ4v) is 4.09. The average molecular weight is 397 g/mol. The Morgan fingerprint density at radius 2 is 2.14 bits per heavy atom. The molecule has 1 aromatic carbocycles. The Hall–Kier alpha value is -2.84. The summed E-state index contributed by atoms with van der Waals surface area (Å²) >= 11 is 6.42. The number of aryl methyl sites for hydroxylation is 1. The molecule has 2 atom stereocenters. The number of fused-ring (bicyclic) bond motifs is 4. The predicted octanol–water partition coefficient (Wildman–Crippen LogP) is 2.29. The van der Waals surface area contributed by atoms with Crippen LogP contribution in [0, 0.1) is 6.92 Å². The molecule has 0 unspecified atom stereocenters. The minimum absolute atomic E-state index is 0.109. The van der Waals surface area contributed by atoms with E-state index in [0.29, 0.717) is 47.7 Å². The van der Waals surface area contributed by atoms with Crippen LogP contribution in [-0.4, -0.2) is 54.8 Å². The molecule has 2 bridgehead atoms. The van der Waals surface area contributed by atoms with Gasteiger partial charge in [0.2, 0.25) is 0 Å². The van der Waals surface area contributed by atoms with E-state index in [1.165, 1.54) is 0 Å². The molecule has 3 aromatic rings. The van der Waals surface area contributed by atoms with Gasteiger partial charge in [-0.1, -0.05) is 23.7 Å². The van der Waals surface area contributed by atoms with Crippen molar-refractivity contribution < 1.29 is 9.53 Å². The summed E-state index contributed by atoms with van der Waals surface area (Å²) in [5.41, 5.74) is 2.03. The summed E-state index contributed by atoms with van der Waals surface area (Å²) in [5.74, 6) is 1.23. The Bertz CT molecular complexity index is 1050. The molecule has 9 heteroatoms. The Morgan fingerprint density at radius 1 is 1.25 bits per heavy atom. The first-order valence-corrected chi connectivity index (χ1v) is 9.38. The standard InChI is InChI=1S/C19H17ClN6O2/c1-11-3-2-4-13(16(11)20)19(27)26-12-8-25-17(14-7-21-5-6-22-14)23-24-18(25)15(26)10-28-9-12/h2-7,12,15H,8-10H2,1H3/t12-,15-/m1/s1. The van der Waals surface area contributed by atoms with Gasteiger partial charge in [-0.15, -0.1) is 10.2 Å². The van der Waals surface area contributed by atoms with Gasteiger partial charge in [0.25, 0.3) is 5.91 Å². The minimum Gasteiger partial charge on any atom is -0.377 e. The van der Waals surface area contributed by atoms with Crippen LogP contribution in [0.25, 0.3) is 11.5 Å². The van der Waals surface area contributed by atoms with E-state index in [1.54, 1.807) is 24.7 Å². The number of nitrogens with zero attached hydrogens (tertiary/aromatic N) is 6. The van der Waals surface area contributed by atoms with Crippen molar-refractivity contribution in [2.45, 2.75) is 25.6 Å². The number of carbonyl (C=O) groups excluding carboxylic acids is 1. The maximum absolute atomic E-state index is 13.4. The van der Waals surface area contributed by atoms with Gasteiger partial charge in [0, 0.05) is 18.9 Å². The van der Waals surface area contributed by atoms with Crippen LogP contribution in [-0.2, 0) is 11.3 Å². The third kappa shape index (κ3) is 2.60. The summed E-state index contributed by atoms with van der Waals surface area (Å²) in [5, 5.41) is 9.16. The number of halogens is 1. The van der Waals surface area contributed by atoms with Crippen molar-refractivity contribution in [2.75, 3.05) is 13.2 Å². The summed E-state index contributed by atoms with van der Waals surface area (Å²) < 4.78 is 7.76. The van der Waals surface area contributed by atoms with Gasteiger partial charge < -0.3 is 14.2 Å². The normalized spacial score (nSPS) is 20.7. The highest BCUT2D eigenvalue weighted by Crippen LogP contribution is 2.36. The van der Waals surface area contributed by atoms with Gasteiger partial charge in [-0.05, 0) is 18.6 Å². The van der Waals surface area contributed by atoms with Crippen LogP contribution in [0.3, 0.4) is 0 Å². The molecule has 2 aliphatic heterocycles. The number of hydrogen-bond acceptors (Lipinski definition) is 6. The molecule has 0 saturated carbocycles. The number of rotatable bonds is 2. The van der Waals surface area contributed by atoms with E-state index in [9.17, 15) is 4.79 Å². The predicted molar refractivity (Wildman–Crippen MR) is 101 cm³/mol. The topological polar surface area (TPSA) is 86.0 Å². The maximum atomic E-state index is 13.4. The Morgan fingerprint density at radius 3 is 2.96 bits per heavy atom. The molecule has 8 nitrogen and oxygen atoms in total. The zero-order chi connectivity index (χ0) is 19.3. The van der Waals surface area contributed by atoms with E-state index in [1.807, 2.05) is 28.5 Å². The fraction of sp³-hybridized carbons (Fsp3) is 0.316. The average Bonchev–Trinajstić information content (AvgIpc) is 3.13. The van der Waals surface area contributed by atoms with Crippen LogP contribution >= 0.6 is 11.6 Å². The zero-order valence-electron chi connectivity index (χ0n) is 15.1. The Labute approximate surface area is 166 Å². The third-order valence-corrected chi connectivity index (χ3v) is 5.74. The lowest BCUT2D eigenvalue weighted by molar-refractivity contribution is -0.0569. The molecule has 2 aromatic heterocycles. The molecule has 0 aliphatic carbocycles.